The van der Waals surface area contributed by atoms with E-state index in [1.807, 2.05) is 12.1 Å². The summed E-state index contributed by atoms with van der Waals surface area (Å²) in [7, 11) is 4.34. The van der Waals surface area contributed by atoms with E-state index < -0.39 is 0 Å². The standard InChI is InChI=1S/C18H31N5.HI/c1-4-15-5-7-16(8-6-15)21-18(19)20-11-14-23-12-9-17(10-13-23)22(2)3;/h5-8,17H,4,9-14H2,1-3H3,(H3,19,20,21);1H. The van der Waals surface area contributed by atoms with Crippen LogP contribution in [0.2, 0.25) is 0 Å². The second kappa shape index (κ2) is 10.9. The molecule has 1 saturated heterocycles. The van der Waals surface area contributed by atoms with E-state index in [4.69, 9.17) is 5.73 Å². The van der Waals surface area contributed by atoms with Gasteiger partial charge in [0, 0.05) is 18.3 Å². The van der Waals surface area contributed by atoms with E-state index in [0.717, 1.165) is 44.3 Å². The Morgan fingerprint density at radius 2 is 1.88 bits per heavy atom. The lowest BCUT2D eigenvalue weighted by molar-refractivity contribution is 0.148. The Morgan fingerprint density at radius 3 is 2.42 bits per heavy atom. The normalized spacial score (nSPS) is 16.9. The largest absolute Gasteiger partial charge is 0.370 e. The Kier molecular flexibility index (Phi) is 9.61. The number of nitrogens with zero attached hydrogens (tertiary/aromatic N) is 3. The van der Waals surface area contributed by atoms with Gasteiger partial charge in [0.15, 0.2) is 5.96 Å². The van der Waals surface area contributed by atoms with Gasteiger partial charge in [-0.2, -0.15) is 0 Å². The highest BCUT2D eigenvalue weighted by atomic mass is 127. The molecule has 0 amide bonds. The molecule has 0 bridgehead atoms. The lowest BCUT2D eigenvalue weighted by atomic mass is 10.0. The number of aliphatic imine (C=N–C) groups is 1. The number of hydrogen-bond donors (Lipinski definition) is 2. The monoisotopic (exact) mass is 445 g/mol. The number of nitrogens with two attached hydrogens (primary N) is 1. The fourth-order valence-electron chi connectivity index (χ4n) is 2.98. The molecule has 5 nitrogen and oxygen atoms in total. The van der Waals surface area contributed by atoms with Crippen molar-refractivity contribution in [1.29, 1.82) is 0 Å². The molecule has 3 N–H and O–H groups in total. The Bertz CT molecular complexity index is 493. The number of anilines is 1. The Hall–Kier alpha value is -0.860. The van der Waals surface area contributed by atoms with Gasteiger partial charge >= 0.3 is 0 Å². The molecular formula is C18H32IN5. The molecule has 1 heterocycles. The highest BCUT2D eigenvalue weighted by Crippen LogP contribution is 2.13. The third kappa shape index (κ3) is 6.94. The molecule has 0 saturated carbocycles. The number of nitrogens with one attached hydrogen (secondary N) is 1. The molecule has 24 heavy (non-hydrogen) atoms. The lowest BCUT2D eigenvalue weighted by Crippen LogP contribution is -2.42. The second-order valence-corrected chi connectivity index (χ2v) is 6.48. The summed E-state index contributed by atoms with van der Waals surface area (Å²) in [5.74, 6) is 0.498. The highest BCUT2D eigenvalue weighted by Gasteiger charge is 2.19. The van der Waals surface area contributed by atoms with Crippen LogP contribution in [0, 0.1) is 0 Å². The maximum atomic E-state index is 5.97. The smallest absolute Gasteiger partial charge is 0.193 e. The summed E-state index contributed by atoms with van der Waals surface area (Å²) in [5.41, 5.74) is 8.29. The number of piperidine rings is 1. The molecule has 1 aliphatic heterocycles. The molecule has 0 aromatic heterocycles. The van der Waals surface area contributed by atoms with Gasteiger partial charge in [0.05, 0.1) is 6.54 Å². The first-order valence-electron chi connectivity index (χ1n) is 8.63. The minimum Gasteiger partial charge on any atom is -0.370 e. The fraction of sp³-hybridized carbons (Fsp3) is 0.611. The van der Waals surface area contributed by atoms with Crippen molar-refractivity contribution < 1.29 is 0 Å². The van der Waals surface area contributed by atoms with E-state index in [9.17, 15) is 0 Å². The number of likely N-dealkylation sites (tertiary alicyclic amines) is 1. The van der Waals surface area contributed by atoms with Crippen LogP contribution in [0.3, 0.4) is 0 Å². The molecule has 1 aliphatic rings. The quantitative estimate of drug-likeness (QED) is 0.402. The summed E-state index contributed by atoms with van der Waals surface area (Å²) in [6.07, 6.45) is 3.54. The molecule has 6 heteroatoms. The van der Waals surface area contributed by atoms with Crippen molar-refractivity contribution in [2.45, 2.75) is 32.2 Å². The highest BCUT2D eigenvalue weighted by molar-refractivity contribution is 14.0. The van der Waals surface area contributed by atoms with Crippen LogP contribution in [-0.2, 0) is 6.42 Å². The van der Waals surface area contributed by atoms with Crippen LogP contribution in [0.25, 0.3) is 0 Å². The maximum Gasteiger partial charge on any atom is 0.193 e. The molecule has 0 atom stereocenters. The van der Waals surface area contributed by atoms with Crippen molar-refractivity contribution >= 4 is 35.6 Å². The van der Waals surface area contributed by atoms with E-state index in [1.165, 1.54) is 18.4 Å². The van der Waals surface area contributed by atoms with E-state index in [-0.39, 0.29) is 24.0 Å². The van der Waals surface area contributed by atoms with Crippen LogP contribution in [0.5, 0.6) is 0 Å². The van der Waals surface area contributed by atoms with Gasteiger partial charge in [-0.25, -0.2) is 0 Å². The zero-order valence-corrected chi connectivity index (χ0v) is 17.5. The van der Waals surface area contributed by atoms with Crippen molar-refractivity contribution in [3.8, 4) is 0 Å². The number of halogens is 1. The molecule has 0 radical (unpaired) electrons. The van der Waals surface area contributed by atoms with Crippen LogP contribution < -0.4 is 11.1 Å². The summed E-state index contributed by atoms with van der Waals surface area (Å²) in [4.78, 5) is 9.26. The summed E-state index contributed by atoms with van der Waals surface area (Å²) >= 11 is 0. The SMILES string of the molecule is CCc1ccc(NC(N)=NCCN2CCC(N(C)C)CC2)cc1.I. The van der Waals surface area contributed by atoms with E-state index in [0.29, 0.717) is 5.96 Å². The van der Waals surface area contributed by atoms with Gasteiger partial charge in [0.2, 0.25) is 0 Å². The molecule has 0 spiro atoms. The van der Waals surface area contributed by atoms with Crippen LogP contribution in [-0.4, -0.2) is 62.1 Å². The fourth-order valence-corrected chi connectivity index (χ4v) is 2.98. The molecule has 2 rings (SSSR count). The van der Waals surface area contributed by atoms with Crippen molar-refractivity contribution in [3.05, 3.63) is 29.8 Å². The Balaban J connectivity index is 0.00000288. The topological polar surface area (TPSA) is 56.9 Å². The first-order valence-corrected chi connectivity index (χ1v) is 8.63. The molecule has 1 aromatic carbocycles. The Morgan fingerprint density at radius 1 is 1.25 bits per heavy atom. The van der Waals surface area contributed by atoms with E-state index in [1.54, 1.807) is 0 Å². The van der Waals surface area contributed by atoms with Gasteiger partial charge in [-0.3, -0.25) is 4.99 Å². The summed E-state index contributed by atoms with van der Waals surface area (Å²) in [5, 5.41) is 3.16. The third-order valence-electron chi connectivity index (χ3n) is 4.62. The predicted octanol–water partition coefficient (Wildman–Crippen LogP) is 2.62. The summed E-state index contributed by atoms with van der Waals surface area (Å²) in [6.45, 7) is 6.20. The van der Waals surface area contributed by atoms with Crippen molar-refractivity contribution in [3.63, 3.8) is 0 Å². The van der Waals surface area contributed by atoms with Crippen LogP contribution >= 0.6 is 24.0 Å². The minimum absolute atomic E-state index is 0. The molecular weight excluding hydrogens is 413 g/mol. The number of guanidine groups is 1. The summed E-state index contributed by atoms with van der Waals surface area (Å²) in [6, 6.07) is 9.06. The zero-order chi connectivity index (χ0) is 16.7. The number of aryl methyl sites for hydroxylation is 1. The van der Waals surface area contributed by atoms with Crippen LogP contribution in [0.15, 0.2) is 29.3 Å². The average molecular weight is 445 g/mol. The molecule has 0 aliphatic carbocycles. The van der Waals surface area contributed by atoms with Crippen molar-refractivity contribution in [2.24, 2.45) is 10.7 Å². The van der Waals surface area contributed by atoms with E-state index in [2.05, 4.69) is 53.3 Å². The minimum atomic E-state index is 0. The van der Waals surface area contributed by atoms with Gasteiger partial charge < -0.3 is 20.9 Å². The second-order valence-electron chi connectivity index (χ2n) is 6.48. The van der Waals surface area contributed by atoms with Gasteiger partial charge in [0.1, 0.15) is 0 Å². The van der Waals surface area contributed by atoms with Crippen LogP contribution in [0.4, 0.5) is 5.69 Å². The molecule has 0 unspecified atom stereocenters. The first-order chi connectivity index (χ1) is 11.1. The first kappa shape index (κ1) is 21.2. The van der Waals surface area contributed by atoms with Gasteiger partial charge in [-0.1, -0.05) is 19.1 Å². The van der Waals surface area contributed by atoms with Gasteiger partial charge in [0.25, 0.3) is 0 Å². The molecule has 136 valence electrons. The zero-order valence-electron chi connectivity index (χ0n) is 15.2. The molecule has 1 fully saturated rings. The molecule has 1 aromatic rings. The average Bonchev–Trinajstić information content (AvgIpc) is 2.56. The number of rotatable bonds is 6. The van der Waals surface area contributed by atoms with Crippen LogP contribution in [0.1, 0.15) is 25.3 Å². The summed E-state index contributed by atoms with van der Waals surface area (Å²) < 4.78 is 0. The number of benzene rings is 1. The Labute approximate surface area is 163 Å². The lowest BCUT2D eigenvalue weighted by Gasteiger charge is -2.34. The van der Waals surface area contributed by atoms with Crippen molar-refractivity contribution in [2.75, 3.05) is 45.6 Å². The number of hydrogen-bond acceptors (Lipinski definition) is 3. The van der Waals surface area contributed by atoms with E-state index >= 15 is 0 Å². The van der Waals surface area contributed by atoms with Crippen molar-refractivity contribution in [1.82, 2.24) is 9.80 Å². The predicted molar refractivity (Wildman–Crippen MR) is 114 cm³/mol. The maximum absolute atomic E-state index is 5.97. The van der Waals surface area contributed by atoms with Gasteiger partial charge in [-0.05, 0) is 64.1 Å². The van der Waals surface area contributed by atoms with Gasteiger partial charge in [-0.15, -0.1) is 24.0 Å². The third-order valence-corrected chi connectivity index (χ3v) is 4.62.